The summed E-state index contributed by atoms with van der Waals surface area (Å²) < 4.78 is 26.3. The average molecular weight is 291 g/mol. The molecule has 8 nitrogen and oxygen atoms in total. The number of pyridine rings is 1. The van der Waals surface area contributed by atoms with Gasteiger partial charge in [0.15, 0.2) is 0 Å². The molecule has 0 unspecified atom stereocenters. The molecule has 0 saturated carbocycles. The molecule has 9 heteroatoms. The zero-order valence-corrected chi connectivity index (χ0v) is 10.9. The third-order valence-corrected chi connectivity index (χ3v) is 3.34. The van der Waals surface area contributed by atoms with Crippen LogP contribution >= 0.6 is 0 Å². The van der Waals surface area contributed by atoms with E-state index in [1.807, 2.05) is 0 Å². The molecule has 0 aromatic carbocycles. The maximum atomic E-state index is 12.1. The monoisotopic (exact) mass is 291 g/mol. The minimum absolute atomic E-state index is 0.0882. The van der Waals surface area contributed by atoms with Gasteiger partial charge in [-0.05, 0) is 6.07 Å². The van der Waals surface area contributed by atoms with Crippen molar-refractivity contribution in [2.45, 2.75) is 4.90 Å². The average Bonchev–Trinajstić information content (AvgIpc) is 2.46. The fourth-order valence-electron chi connectivity index (χ4n) is 1.25. The Morgan fingerprint density at radius 3 is 2.85 bits per heavy atom. The number of aliphatic hydroxyl groups is 1. The predicted octanol–water partition coefficient (Wildman–Crippen LogP) is -0.589. The highest BCUT2D eigenvalue weighted by Crippen LogP contribution is 2.12. The Hall–Kier alpha value is -2.57. The minimum Gasteiger partial charge on any atom is -0.384 e. The smallest absolute Gasteiger partial charge is 0.265 e. The summed E-state index contributed by atoms with van der Waals surface area (Å²) >= 11 is 0. The zero-order valence-electron chi connectivity index (χ0n) is 10.1. The van der Waals surface area contributed by atoms with Gasteiger partial charge < -0.3 is 5.11 Å². The molecular weight excluding hydrogens is 282 g/mol. The molecule has 2 aromatic heterocycles. The zero-order chi connectivity index (χ0) is 14.4. The molecule has 20 heavy (non-hydrogen) atoms. The van der Waals surface area contributed by atoms with Gasteiger partial charge in [0, 0.05) is 18.0 Å². The SMILES string of the molecule is O=S(=O)(Nc1nccnn1)c1cncc(C#CCO)c1. The quantitative estimate of drug-likeness (QED) is 0.726. The molecule has 0 atom stereocenters. The van der Waals surface area contributed by atoms with Gasteiger partial charge in [-0.15, -0.1) is 5.10 Å². The van der Waals surface area contributed by atoms with Crippen LogP contribution in [0.4, 0.5) is 5.95 Å². The van der Waals surface area contributed by atoms with Gasteiger partial charge in [-0.3, -0.25) is 4.98 Å². The fraction of sp³-hybridized carbons (Fsp3) is 0.0909. The summed E-state index contributed by atoms with van der Waals surface area (Å²) in [6.07, 6.45) is 5.20. The largest absolute Gasteiger partial charge is 0.384 e. The Balaban J connectivity index is 2.30. The number of rotatable bonds is 3. The van der Waals surface area contributed by atoms with Crippen LogP contribution in [0.25, 0.3) is 0 Å². The number of anilines is 1. The molecule has 0 fully saturated rings. The van der Waals surface area contributed by atoms with E-state index in [0.29, 0.717) is 5.56 Å². The Morgan fingerprint density at radius 1 is 1.30 bits per heavy atom. The lowest BCUT2D eigenvalue weighted by Crippen LogP contribution is -2.15. The Bertz CT molecular complexity index is 752. The van der Waals surface area contributed by atoms with Gasteiger partial charge in [0.25, 0.3) is 16.0 Å². The highest BCUT2D eigenvalue weighted by molar-refractivity contribution is 7.92. The third-order valence-electron chi connectivity index (χ3n) is 2.04. The molecule has 0 amide bonds. The molecular formula is C11H9N5O3S. The van der Waals surface area contributed by atoms with Gasteiger partial charge in [-0.1, -0.05) is 11.8 Å². The number of aliphatic hydroxyl groups excluding tert-OH is 1. The van der Waals surface area contributed by atoms with Gasteiger partial charge in [0.05, 0.1) is 12.4 Å². The minimum atomic E-state index is -3.87. The van der Waals surface area contributed by atoms with E-state index in [1.165, 1.54) is 30.9 Å². The van der Waals surface area contributed by atoms with E-state index < -0.39 is 10.0 Å². The number of hydrogen-bond donors (Lipinski definition) is 2. The van der Waals surface area contributed by atoms with Crippen molar-refractivity contribution in [2.24, 2.45) is 0 Å². The molecule has 0 bridgehead atoms. The van der Waals surface area contributed by atoms with E-state index in [0.717, 1.165) is 0 Å². The molecule has 0 aliphatic rings. The number of aromatic nitrogens is 4. The molecule has 2 rings (SSSR count). The van der Waals surface area contributed by atoms with Gasteiger partial charge in [0.1, 0.15) is 11.5 Å². The maximum absolute atomic E-state index is 12.1. The topological polar surface area (TPSA) is 118 Å². The molecule has 0 saturated heterocycles. The molecule has 2 aromatic rings. The van der Waals surface area contributed by atoms with E-state index in [-0.39, 0.29) is 17.5 Å². The second kappa shape index (κ2) is 6.05. The lowest BCUT2D eigenvalue weighted by molar-refractivity contribution is 0.350. The van der Waals surface area contributed by atoms with Crippen LogP contribution in [0.3, 0.4) is 0 Å². The Labute approximate surface area is 115 Å². The summed E-state index contributed by atoms with van der Waals surface area (Å²) in [5.74, 6) is 4.84. The van der Waals surface area contributed by atoms with Crippen LogP contribution in [0.15, 0.2) is 35.7 Å². The van der Waals surface area contributed by atoms with E-state index >= 15 is 0 Å². The van der Waals surface area contributed by atoms with E-state index in [1.54, 1.807) is 0 Å². The second-order valence-corrected chi connectivity index (χ2v) is 5.12. The molecule has 0 aliphatic heterocycles. The van der Waals surface area contributed by atoms with Gasteiger partial charge >= 0.3 is 0 Å². The summed E-state index contributed by atoms with van der Waals surface area (Å²) in [7, 11) is -3.87. The van der Waals surface area contributed by atoms with Crippen LogP contribution in [0.5, 0.6) is 0 Å². The number of nitrogens with zero attached hydrogens (tertiary/aromatic N) is 4. The molecule has 0 spiro atoms. The summed E-state index contributed by atoms with van der Waals surface area (Å²) in [6.45, 7) is -0.321. The number of nitrogens with one attached hydrogen (secondary N) is 1. The van der Waals surface area contributed by atoms with Gasteiger partial charge in [0.2, 0.25) is 0 Å². The normalized spacial score (nSPS) is 10.4. The Morgan fingerprint density at radius 2 is 2.15 bits per heavy atom. The van der Waals surface area contributed by atoms with Crippen molar-refractivity contribution >= 4 is 16.0 Å². The third kappa shape index (κ3) is 3.47. The summed E-state index contributed by atoms with van der Waals surface area (Å²) in [4.78, 5) is 7.41. The standard InChI is InChI=1S/C11H9N5O3S/c17-5-1-2-9-6-10(8-12-7-9)20(18,19)16-11-13-3-4-14-15-11/h3-4,6-8,17H,5H2,(H,13,15,16). The highest BCUT2D eigenvalue weighted by atomic mass is 32.2. The van der Waals surface area contributed by atoms with Gasteiger partial charge in [-0.25, -0.2) is 18.1 Å². The number of sulfonamides is 1. The van der Waals surface area contributed by atoms with Crippen LogP contribution in [0, 0.1) is 11.8 Å². The van der Waals surface area contributed by atoms with Crippen molar-refractivity contribution in [2.75, 3.05) is 11.3 Å². The van der Waals surface area contributed by atoms with Crippen molar-refractivity contribution in [1.29, 1.82) is 0 Å². The van der Waals surface area contributed by atoms with E-state index in [2.05, 4.69) is 36.7 Å². The van der Waals surface area contributed by atoms with Crippen LogP contribution in [0.1, 0.15) is 5.56 Å². The van der Waals surface area contributed by atoms with Crippen LogP contribution in [-0.4, -0.2) is 40.3 Å². The summed E-state index contributed by atoms with van der Waals surface area (Å²) in [5.41, 5.74) is 0.369. The lowest BCUT2D eigenvalue weighted by atomic mass is 10.3. The van der Waals surface area contributed by atoms with Crippen molar-refractivity contribution in [3.63, 3.8) is 0 Å². The van der Waals surface area contributed by atoms with Crippen molar-refractivity contribution in [3.8, 4) is 11.8 Å². The lowest BCUT2D eigenvalue weighted by Gasteiger charge is -2.05. The molecule has 2 heterocycles. The van der Waals surface area contributed by atoms with Gasteiger partial charge in [-0.2, -0.15) is 5.10 Å². The fourth-order valence-corrected chi connectivity index (χ4v) is 2.18. The first-order valence-electron chi connectivity index (χ1n) is 5.33. The predicted molar refractivity (Wildman–Crippen MR) is 68.8 cm³/mol. The van der Waals surface area contributed by atoms with Crippen LogP contribution < -0.4 is 4.72 Å². The summed E-state index contributed by atoms with van der Waals surface area (Å²) in [6, 6.07) is 1.33. The maximum Gasteiger partial charge on any atom is 0.265 e. The molecule has 0 aliphatic carbocycles. The van der Waals surface area contributed by atoms with Crippen molar-refractivity contribution in [1.82, 2.24) is 20.2 Å². The number of hydrogen-bond acceptors (Lipinski definition) is 7. The first-order chi connectivity index (χ1) is 9.62. The summed E-state index contributed by atoms with van der Waals surface area (Å²) in [5, 5.41) is 15.6. The first-order valence-corrected chi connectivity index (χ1v) is 6.81. The van der Waals surface area contributed by atoms with E-state index in [4.69, 9.17) is 5.11 Å². The van der Waals surface area contributed by atoms with Crippen LogP contribution in [0.2, 0.25) is 0 Å². The van der Waals surface area contributed by atoms with E-state index in [9.17, 15) is 8.42 Å². The first kappa shape index (κ1) is 13.9. The molecule has 2 N–H and O–H groups in total. The Kier molecular flexibility index (Phi) is 4.19. The molecule has 102 valence electrons. The molecule has 0 radical (unpaired) electrons. The van der Waals surface area contributed by atoms with Crippen LogP contribution in [-0.2, 0) is 10.0 Å². The van der Waals surface area contributed by atoms with Crippen molar-refractivity contribution in [3.05, 3.63) is 36.4 Å². The highest BCUT2D eigenvalue weighted by Gasteiger charge is 2.16. The van der Waals surface area contributed by atoms with Crippen molar-refractivity contribution < 1.29 is 13.5 Å². The second-order valence-electron chi connectivity index (χ2n) is 3.44.